The van der Waals surface area contributed by atoms with Crippen LogP contribution in [-0.4, -0.2) is 20.9 Å². The van der Waals surface area contributed by atoms with Crippen molar-refractivity contribution in [3.05, 3.63) is 87.2 Å². The Morgan fingerprint density at radius 3 is 2.12 bits per heavy atom. The van der Waals surface area contributed by atoms with Crippen LogP contribution in [0.1, 0.15) is 90.1 Å². The molecule has 0 bridgehead atoms. The van der Waals surface area contributed by atoms with Crippen molar-refractivity contribution in [3.63, 3.8) is 0 Å². The van der Waals surface area contributed by atoms with Crippen molar-refractivity contribution < 1.29 is 9.90 Å². The number of aromatic carboxylic acids is 1. The van der Waals surface area contributed by atoms with Gasteiger partial charge in [0.15, 0.2) is 0 Å². The number of benzene rings is 2. The summed E-state index contributed by atoms with van der Waals surface area (Å²) in [7, 11) is 0. The van der Waals surface area contributed by atoms with Crippen LogP contribution in [0.3, 0.4) is 0 Å². The number of rotatable bonds is 5. The minimum absolute atomic E-state index is 0.132. The monoisotopic (exact) mass is 442 g/mol. The van der Waals surface area contributed by atoms with E-state index in [0.717, 1.165) is 23.5 Å². The molecule has 1 aliphatic rings. The summed E-state index contributed by atoms with van der Waals surface area (Å²) in [5.74, 6) is -0.905. The van der Waals surface area contributed by atoms with Gasteiger partial charge in [0.1, 0.15) is 0 Å². The number of carbonyl (C=O) groups is 1. The number of hydrogen-bond acceptors (Lipinski definition) is 2. The van der Waals surface area contributed by atoms with Crippen LogP contribution in [0, 0.1) is 13.8 Å². The Morgan fingerprint density at radius 2 is 1.58 bits per heavy atom. The lowest BCUT2D eigenvalue weighted by Crippen LogP contribution is -2.34. The van der Waals surface area contributed by atoms with Crippen LogP contribution >= 0.6 is 0 Å². The maximum atomic E-state index is 11.2. The first-order valence-corrected chi connectivity index (χ1v) is 11.7. The SMILES string of the molecule is Cc1cc(C)n(Cc2cc3c(cc2/C=C/c2ccc(C(=O)O)cc2)C(C)(C)CCC3(C)C)n1. The first kappa shape index (κ1) is 23.0. The van der Waals surface area contributed by atoms with Crippen LogP contribution in [0.15, 0.2) is 42.5 Å². The molecule has 0 spiro atoms. The highest BCUT2D eigenvalue weighted by molar-refractivity contribution is 5.88. The van der Waals surface area contributed by atoms with Crippen molar-refractivity contribution >= 4 is 18.1 Å². The maximum absolute atomic E-state index is 11.2. The molecule has 0 unspecified atom stereocenters. The average Bonchev–Trinajstić information content (AvgIpc) is 3.07. The van der Waals surface area contributed by atoms with Gasteiger partial charge in [-0.25, -0.2) is 4.79 Å². The van der Waals surface area contributed by atoms with Crippen molar-refractivity contribution in [3.8, 4) is 0 Å². The minimum Gasteiger partial charge on any atom is -0.478 e. The molecule has 1 aromatic heterocycles. The summed E-state index contributed by atoms with van der Waals surface area (Å²) in [6.45, 7) is 14.3. The first-order valence-electron chi connectivity index (χ1n) is 11.7. The topological polar surface area (TPSA) is 55.1 Å². The molecule has 4 rings (SSSR count). The Labute approximate surface area is 197 Å². The van der Waals surface area contributed by atoms with Gasteiger partial charge in [-0.15, -0.1) is 0 Å². The van der Waals surface area contributed by atoms with E-state index in [2.05, 4.69) is 69.7 Å². The molecule has 1 N–H and O–H groups in total. The van der Waals surface area contributed by atoms with E-state index in [1.165, 1.54) is 35.1 Å². The second kappa shape index (κ2) is 8.33. The van der Waals surface area contributed by atoms with Crippen molar-refractivity contribution in [2.45, 2.75) is 71.8 Å². The summed E-state index contributed by atoms with van der Waals surface area (Å²) in [6, 6.07) is 13.9. The molecule has 0 atom stereocenters. The van der Waals surface area contributed by atoms with Crippen molar-refractivity contribution in [1.82, 2.24) is 9.78 Å². The van der Waals surface area contributed by atoms with E-state index in [9.17, 15) is 4.79 Å². The van der Waals surface area contributed by atoms with Crippen LogP contribution in [0.25, 0.3) is 12.2 Å². The van der Waals surface area contributed by atoms with Gasteiger partial charge < -0.3 is 5.11 Å². The number of hydrogen-bond donors (Lipinski definition) is 1. The lowest BCUT2D eigenvalue weighted by Gasteiger charge is -2.42. The van der Waals surface area contributed by atoms with Crippen LogP contribution in [0.5, 0.6) is 0 Å². The Morgan fingerprint density at radius 1 is 0.970 bits per heavy atom. The lowest BCUT2D eigenvalue weighted by atomic mass is 9.62. The molecule has 1 aliphatic carbocycles. The summed E-state index contributed by atoms with van der Waals surface area (Å²) in [5, 5.41) is 13.9. The zero-order chi connectivity index (χ0) is 24.0. The number of carboxylic acids is 1. The Balaban J connectivity index is 1.81. The Kier molecular flexibility index (Phi) is 5.81. The van der Waals surface area contributed by atoms with Gasteiger partial charge in [-0.2, -0.15) is 5.10 Å². The van der Waals surface area contributed by atoms with Crippen molar-refractivity contribution in [2.24, 2.45) is 0 Å². The van der Waals surface area contributed by atoms with E-state index in [1.54, 1.807) is 12.1 Å². The van der Waals surface area contributed by atoms with Crippen molar-refractivity contribution in [1.29, 1.82) is 0 Å². The molecule has 0 saturated heterocycles. The number of aromatic nitrogens is 2. The van der Waals surface area contributed by atoms with E-state index >= 15 is 0 Å². The number of aryl methyl sites for hydroxylation is 2. The quantitative estimate of drug-likeness (QED) is 0.444. The summed E-state index contributed by atoms with van der Waals surface area (Å²) >= 11 is 0. The van der Waals surface area contributed by atoms with Crippen molar-refractivity contribution in [2.75, 3.05) is 0 Å². The normalized spacial score (nSPS) is 16.7. The molecule has 0 aliphatic heterocycles. The molecule has 4 nitrogen and oxygen atoms in total. The van der Waals surface area contributed by atoms with E-state index < -0.39 is 5.97 Å². The Bertz CT molecular complexity index is 1230. The fourth-order valence-corrected chi connectivity index (χ4v) is 4.89. The van der Waals surface area contributed by atoms with Gasteiger partial charge in [0.05, 0.1) is 17.8 Å². The summed E-state index contributed by atoms with van der Waals surface area (Å²) in [5.41, 5.74) is 9.06. The van der Waals surface area contributed by atoms with Gasteiger partial charge in [0, 0.05) is 5.69 Å². The molecular formula is C29H34N2O2. The highest BCUT2D eigenvalue weighted by Crippen LogP contribution is 2.46. The van der Waals surface area contributed by atoms with E-state index in [4.69, 9.17) is 10.2 Å². The highest BCUT2D eigenvalue weighted by Gasteiger charge is 2.37. The molecule has 1 heterocycles. The third kappa shape index (κ3) is 4.66. The van der Waals surface area contributed by atoms with Gasteiger partial charge in [-0.3, -0.25) is 4.68 Å². The molecule has 2 aromatic carbocycles. The summed E-state index contributed by atoms with van der Waals surface area (Å²) in [6.07, 6.45) is 6.58. The fourth-order valence-electron chi connectivity index (χ4n) is 4.89. The molecule has 0 saturated carbocycles. The zero-order valence-electron chi connectivity index (χ0n) is 20.6. The first-order chi connectivity index (χ1) is 15.5. The third-order valence-corrected chi connectivity index (χ3v) is 7.15. The third-order valence-electron chi connectivity index (χ3n) is 7.15. The average molecular weight is 443 g/mol. The fraction of sp³-hybridized carbons (Fsp3) is 0.379. The predicted octanol–water partition coefficient (Wildman–Crippen LogP) is 6.77. The lowest BCUT2D eigenvalue weighted by molar-refractivity contribution is 0.0697. The minimum atomic E-state index is -0.905. The molecule has 172 valence electrons. The van der Waals surface area contributed by atoms with Crippen LogP contribution < -0.4 is 0 Å². The van der Waals surface area contributed by atoms with Gasteiger partial charge >= 0.3 is 5.97 Å². The smallest absolute Gasteiger partial charge is 0.335 e. The van der Waals surface area contributed by atoms with Gasteiger partial charge in [-0.05, 0) is 83.5 Å². The zero-order valence-corrected chi connectivity index (χ0v) is 20.6. The summed E-state index contributed by atoms with van der Waals surface area (Å²) in [4.78, 5) is 11.2. The molecule has 0 fully saturated rings. The van der Waals surface area contributed by atoms with Gasteiger partial charge in [0.25, 0.3) is 0 Å². The molecule has 3 aromatic rings. The number of carboxylic acid groups (broad SMARTS) is 1. The van der Waals surface area contributed by atoms with Crippen LogP contribution in [-0.2, 0) is 17.4 Å². The van der Waals surface area contributed by atoms with E-state index in [-0.39, 0.29) is 10.8 Å². The molecule has 0 amide bonds. The summed E-state index contributed by atoms with van der Waals surface area (Å²) < 4.78 is 2.08. The molecule has 33 heavy (non-hydrogen) atoms. The standard InChI is InChI=1S/C29H34N2O2/c1-19-15-20(2)31(30-19)18-24-17-26-25(28(3,4)13-14-29(26,5)6)16-23(24)12-9-21-7-10-22(11-8-21)27(32)33/h7-12,15-17H,13-14,18H2,1-6H3,(H,32,33)/b12-9+. The highest BCUT2D eigenvalue weighted by atomic mass is 16.4. The molecular weight excluding hydrogens is 408 g/mol. The molecule has 0 radical (unpaired) electrons. The second-order valence-electron chi connectivity index (χ2n) is 10.7. The second-order valence-corrected chi connectivity index (χ2v) is 10.7. The van der Waals surface area contributed by atoms with Gasteiger partial charge in [0.2, 0.25) is 0 Å². The number of nitrogens with zero attached hydrogens (tertiary/aromatic N) is 2. The van der Waals surface area contributed by atoms with Crippen LogP contribution in [0.4, 0.5) is 0 Å². The van der Waals surface area contributed by atoms with E-state index in [0.29, 0.717) is 5.56 Å². The van der Waals surface area contributed by atoms with E-state index in [1.807, 2.05) is 19.1 Å². The Hall–Kier alpha value is -3.14. The predicted molar refractivity (Wildman–Crippen MR) is 135 cm³/mol. The number of fused-ring (bicyclic) bond motifs is 1. The van der Waals surface area contributed by atoms with Crippen LogP contribution in [0.2, 0.25) is 0 Å². The van der Waals surface area contributed by atoms with Gasteiger partial charge in [-0.1, -0.05) is 64.1 Å². The maximum Gasteiger partial charge on any atom is 0.335 e. The largest absolute Gasteiger partial charge is 0.478 e. The molecule has 4 heteroatoms.